The Balaban J connectivity index is 1.63. The molecule has 0 spiro atoms. The first kappa shape index (κ1) is 22.4. The van der Waals surface area contributed by atoms with Crippen molar-refractivity contribution in [2.24, 2.45) is 0 Å². The number of nitrogens with zero attached hydrogens (tertiary/aromatic N) is 3. The number of morpholine rings is 1. The van der Waals surface area contributed by atoms with Crippen molar-refractivity contribution in [1.29, 1.82) is 0 Å². The summed E-state index contributed by atoms with van der Waals surface area (Å²) in [5.74, 6) is -0.353. The van der Waals surface area contributed by atoms with Gasteiger partial charge in [-0.25, -0.2) is 4.98 Å². The number of nitrogens with one attached hydrogen (secondary N) is 1. The highest BCUT2D eigenvalue weighted by Crippen LogP contribution is 2.21. The number of carbonyl (C=O) groups is 2. The third-order valence-corrected chi connectivity index (χ3v) is 6.19. The maximum absolute atomic E-state index is 13.1. The fraction of sp³-hybridized carbons (Fsp3) is 0.500. The lowest BCUT2D eigenvalue weighted by Gasteiger charge is -2.28. The van der Waals surface area contributed by atoms with Crippen LogP contribution in [0.3, 0.4) is 0 Å². The number of thiazole rings is 1. The zero-order valence-electron chi connectivity index (χ0n) is 17.9. The van der Waals surface area contributed by atoms with Gasteiger partial charge in [-0.05, 0) is 39.3 Å². The molecule has 2 heterocycles. The van der Waals surface area contributed by atoms with Gasteiger partial charge in [-0.15, -0.1) is 11.3 Å². The van der Waals surface area contributed by atoms with E-state index in [1.807, 2.05) is 45.0 Å². The first-order valence-corrected chi connectivity index (χ1v) is 11.1. The van der Waals surface area contributed by atoms with Crippen molar-refractivity contribution in [3.8, 4) is 0 Å². The van der Waals surface area contributed by atoms with E-state index in [1.165, 1.54) is 11.3 Å². The standard InChI is InChI=1S/C22H30N4O3S/c1-16-5-7-19(8-6-16)21(28)26(10-4-9-25-11-13-29-14-12-25)15-20(27)24-22-23-17(2)18(3)30-22/h5-8H,4,9-15H2,1-3H3,(H,23,24,27). The van der Waals surface area contributed by atoms with E-state index < -0.39 is 0 Å². The number of aryl methyl sites for hydroxylation is 3. The molecule has 1 fully saturated rings. The number of ether oxygens (including phenoxy) is 1. The molecular weight excluding hydrogens is 400 g/mol. The summed E-state index contributed by atoms with van der Waals surface area (Å²) < 4.78 is 5.39. The SMILES string of the molecule is Cc1ccc(C(=O)N(CCCN2CCOCC2)CC(=O)Nc2nc(C)c(C)s2)cc1. The molecule has 0 radical (unpaired) electrons. The van der Waals surface area contributed by atoms with E-state index in [4.69, 9.17) is 4.74 Å². The minimum Gasteiger partial charge on any atom is -0.379 e. The summed E-state index contributed by atoms with van der Waals surface area (Å²) in [7, 11) is 0. The molecule has 1 aromatic carbocycles. The largest absolute Gasteiger partial charge is 0.379 e. The lowest BCUT2D eigenvalue weighted by molar-refractivity contribution is -0.116. The van der Waals surface area contributed by atoms with Crippen LogP contribution in [0.4, 0.5) is 5.13 Å². The molecule has 2 amide bonds. The number of amides is 2. The number of hydrogen-bond donors (Lipinski definition) is 1. The molecule has 1 aliphatic rings. The van der Waals surface area contributed by atoms with Crippen LogP contribution in [0.1, 0.15) is 32.9 Å². The fourth-order valence-electron chi connectivity index (χ4n) is 3.30. The second-order valence-electron chi connectivity index (χ2n) is 7.61. The van der Waals surface area contributed by atoms with Crippen LogP contribution < -0.4 is 5.32 Å². The van der Waals surface area contributed by atoms with Gasteiger partial charge in [0.25, 0.3) is 5.91 Å². The summed E-state index contributed by atoms with van der Waals surface area (Å²) in [6, 6.07) is 7.47. The van der Waals surface area contributed by atoms with Crippen molar-refractivity contribution in [3.63, 3.8) is 0 Å². The van der Waals surface area contributed by atoms with Crippen LogP contribution in [-0.2, 0) is 9.53 Å². The molecule has 0 saturated carbocycles. The number of anilines is 1. The second kappa shape index (κ2) is 10.7. The first-order valence-electron chi connectivity index (χ1n) is 10.3. The minimum absolute atomic E-state index is 0.00744. The molecule has 2 aromatic rings. The highest BCUT2D eigenvalue weighted by molar-refractivity contribution is 7.15. The van der Waals surface area contributed by atoms with Crippen molar-refractivity contribution in [1.82, 2.24) is 14.8 Å². The molecule has 30 heavy (non-hydrogen) atoms. The van der Waals surface area contributed by atoms with Crippen molar-refractivity contribution >= 4 is 28.3 Å². The van der Waals surface area contributed by atoms with Crippen molar-refractivity contribution in [3.05, 3.63) is 46.0 Å². The third kappa shape index (κ3) is 6.35. The minimum atomic E-state index is -0.226. The highest BCUT2D eigenvalue weighted by atomic mass is 32.1. The average molecular weight is 431 g/mol. The van der Waals surface area contributed by atoms with Gasteiger partial charge in [0, 0.05) is 36.6 Å². The summed E-state index contributed by atoms with van der Waals surface area (Å²) in [5.41, 5.74) is 2.60. The fourth-order valence-corrected chi connectivity index (χ4v) is 4.13. The van der Waals surface area contributed by atoms with Crippen LogP contribution in [-0.4, -0.2) is 72.5 Å². The van der Waals surface area contributed by atoms with Crippen LogP contribution in [0.2, 0.25) is 0 Å². The summed E-state index contributed by atoms with van der Waals surface area (Å²) in [4.78, 5) is 35.1. The Hall–Kier alpha value is -2.29. The predicted molar refractivity (Wildman–Crippen MR) is 119 cm³/mol. The Kier molecular flexibility index (Phi) is 7.95. The van der Waals surface area contributed by atoms with E-state index in [-0.39, 0.29) is 18.4 Å². The lowest BCUT2D eigenvalue weighted by atomic mass is 10.1. The van der Waals surface area contributed by atoms with E-state index in [2.05, 4.69) is 15.2 Å². The highest BCUT2D eigenvalue weighted by Gasteiger charge is 2.20. The smallest absolute Gasteiger partial charge is 0.254 e. The van der Waals surface area contributed by atoms with Gasteiger partial charge in [-0.1, -0.05) is 17.7 Å². The van der Waals surface area contributed by atoms with Crippen molar-refractivity contribution in [2.45, 2.75) is 27.2 Å². The average Bonchev–Trinajstić information content (AvgIpc) is 3.04. The maximum Gasteiger partial charge on any atom is 0.254 e. The second-order valence-corrected chi connectivity index (χ2v) is 8.81. The van der Waals surface area contributed by atoms with E-state index in [0.717, 1.165) is 55.4 Å². The molecule has 0 aliphatic carbocycles. The van der Waals surface area contributed by atoms with Crippen LogP contribution in [0.25, 0.3) is 0 Å². The maximum atomic E-state index is 13.1. The molecule has 1 saturated heterocycles. The first-order chi connectivity index (χ1) is 14.4. The molecule has 8 heteroatoms. The predicted octanol–water partition coefficient (Wildman–Crippen LogP) is 2.87. The van der Waals surface area contributed by atoms with Crippen molar-refractivity contribution < 1.29 is 14.3 Å². The summed E-state index contributed by atoms with van der Waals surface area (Å²) in [6.45, 7) is 10.6. The number of rotatable bonds is 8. The zero-order chi connectivity index (χ0) is 21.5. The molecule has 7 nitrogen and oxygen atoms in total. The molecule has 0 unspecified atom stereocenters. The Labute approximate surface area is 182 Å². The number of aromatic nitrogens is 1. The number of carbonyl (C=O) groups excluding carboxylic acids is 2. The Morgan fingerprint density at radius 2 is 1.87 bits per heavy atom. The van der Waals surface area contributed by atoms with E-state index in [1.54, 1.807) is 4.90 Å². The summed E-state index contributed by atoms with van der Waals surface area (Å²) in [6.07, 6.45) is 0.806. The molecule has 1 aromatic heterocycles. The van der Waals surface area contributed by atoms with Crippen LogP contribution >= 0.6 is 11.3 Å². The normalized spacial score (nSPS) is 14.5. The van der Waals surface area contributed by atoms with Gasteiger partial charge in [-0.3, -0.25) is 14.5 Å². The number of hydrogen-bond acceptors (Lipinski definition) is 6. The van der Waals surface area contributed by atoms with Gasteiger partial charge < -0.3 is 15.0 Å². The molecule has 1 aliphatic heterocycles. The topological polar surface area (TPSA) is 74.8 Å². The van der Waals surface area contributed by atoms with Crippen molar-refractivity contribution in [2.75, 3.05) is 51.3 Å². The van der Waals surface area contributed by atoms with Gasteiger partial charge in [0.2, 0.25) is 5.91 Å². The Morgan fingerprint density at radius 1 is 1.17 bits per heavy atom. The van der Waals surface area contributed by atoms with Gasteiger partial charge in [0.1, 0.15) is 6.54 Å². The van der Waals surface area contributed by atoms with Gasteiger partial charge in [0.15, 0.2) is 5.13 Å². The molecular formula is C22H30N4O3S. The van der Waals surface area contributed by atoms with Gasteiger partial charge in [-0.2, -0.15) is 0 Å². The van der Waals surface area contributed by atoms with E-state index >= 15 is 0 Å². The van der Waals surface area contributed by atoms with E-state index in [0.29, 0.717) is 17.2 Å². The van der Waals surface area contributed by atoms with Gasteiger partial charge >= 0.3 is 0 Å². The monoisotopic (exact) mass is 430 g/mol. The Morgan fingerprint density at radius 3 is 2.50 bits per heavy atom. The van der Waals surface area contributed by atoms with Crippen LogP contribution in [0.5, 0.6) is 0 Å². The molecule has 0 atom stereocenters. The molecule has 162 valence electrons. The van der Waals surface area contributed by atoms with Gasteiger partial charge in [0.05, 0.1) is 18.9 Å². The molecule has 3 rings (SSSR count). The molecule has 1 N–H and O–H groups in total. The van der Waals surface area contributed by atoms with Crippen LogP contribution in [0, 0.1) is 20.8 Å². The summed E-state index contributed by atoms with van der Waals surface area (Å²) in [5, 5.41) is 3.41. The Bertz CT molecular complexity index is 840. The van der Waals surface area contributed by atoms with Crippen LogP contribution in [0.15, 0.2) is 24.3 Å². The molecule has 0 bridgehead atoms. The number of benzene rings is 1. The quantitative estimate of drug-likeness (QED) is 0.697. The zero-order valence-corrected chi connectivity index (χ0v) is 18.8. The lowest BCUT2D eigenvalue weighted by Crippen LogP contribution is -2.41. The summed E-state index contributed by atoms with van der Waals surface area (Å²) >= 11 is 1.45. The van der Waals surface area contributed by atoms with E-state index in [9.17, 15) is 9.59 Å². The third-order valence-electron chi connectivity index (χ3n) is 5.20.